The number of hydrogen-bond donors (Lipinski definition) is 1. The van der Waals surface area contributed by atoms with E-state index < -0.39 is 0 Å². The van der Waals surface area contributed by atoms with Crippen molar-refractivity contribution in [3.8, 4) is 22.9 Å². The normalized spacial score (nSPS) is 10.5. The van der Waals surface area contributed by atoms with Gasteiger partial charge in [0.15, 0.2) is 11.5 Å². The van der Waals surface area contributed by atoms with Crippen molar-refractivity contribution in [3.63, 3.8) is 0 Å². The molecule has 0 aliphatic rings. The zero-order valence-corrected chi connectivity index (χ0v) is 15.5. The average molecular weight is 367 g/mol. The lowest BCUT2D eigenvalue weighted by molar-refractivity contribution is -0.120. The number of aromatic nitrogens is 2. The number of ether oxygens (including phenoxy) is 2. The minimum Gasteiger partial charge on any atom is -0.493 e. The summed E-state index contributed by atoms with van der Waals surface area (Å²) >= 11 is 0. The summed E-state index contributed by atoms with van der Waals surface area (Å²) < 4.78 is 15.7. The number of aryl methyl sites for hydroxylation is 1. The van der Waals surface area contributed by atoms with Gasteiger partial charge in [-0.3, -0.25) is 4.79 Å². The van der Waals surface area contributed by atoms with Crippen LogP contribution in [0, 0.1) is 6.92 Å². The maximum Gasteiger partial charge on any atom is 0.246 e. The Balaban J connectivity index is 1.61. The van der Waals surface area contributed by atoms with Gasteiger partial charge < -0.3 is 19.3 Å². The van der Waals surface area contributed by atoms with Crippen LogP contribution in [0.2, 0.25) is 0 Å². The number of nitrogens with one attached hydrogen (secondary N) is 1. The molecule has 0 aliphatic carbocycles. The van der Waals surface area contributed by atoms with Gasteiger partial charge >= 0.3 is 0 Å². The van der Waals surface area contributed by atoms with Crippen LogP contribution >= 0.6 is 0 Å². The van der Waals surface area contributed by atoms with Crippen molar-refractivity contribution in [2.24, 2.45) is 0 Å². The zero-order valence-electron chi connectivity index (χ0n) is 15.5. The fraction of sp³-hybridized carbons (Fsp3) is 0.250. The first-order valence-electron chi connectivity index (χ1n) is 8.46. The van der Waals surface area contributed by atoms with Crippen LogP contribution in [0.3, 0.4) is 0 Å². The maximum absolute atomic E-state index is 12.1. The van der Waals surface area contributed by atoms with Crippen molar-refractivity contribution < 1.29 is 18.8 Å². The quantitative estimate of drug-likeness (QED) is 0.691. The summed E-state index contributed by atoms with van der Waals surface area (Å²) in [6, 6.07) is 13.2. The van der Waals surface area contributed by atoms with E-state index in [-0.39, 0.29) is 12.5 Å². The van der Waals surface area contributed by atoms with Gasteiger partial charge in [0.1, 0.15) is 0 Å². The van der Waals surface area contributed by atoms with Crippen LogP contribution in [0.1, 0.15) is 17.0 Å². The minimum atomic E-state index is -0.107. The number of carbonyl (C=O) groups is 1. The van der Waals surface area contributed by atoms with Gasteiger partial charge in [0.2, 0.25) is 17.6 Å². The van der Waals surface area contributed by atoms with Crippen molar-refractivity contribution in [1.82, 2.24) is 15.5 Å². The van der Waals surface area contributed by atoms with E-state index >= 15 is 0 Å². The molecule has 1 heterocycles. The molecule has 27 heavy (non-hydrogen) atoms. The van der Waals surface area contributed by atoms with Gasteiger partial charge in [-0.05, 0) is 30.7 Å². The van der Waals surface area contributed by atoms with Gasteiger partial charge in [-0.15, -0.1) is 0 Å². The Morgan fingerprint density at radius 3 is 2.52 bits per heavy atom. The fourth-order valence-electron chi connectivity index (χ4n) is 2.55. The van der Waals surface area contributed by atoms with Crippen LogP contribution in [-0.4, -0.2) is 30.3 Å². The van der Waals surface area contributed by atoms with Crippen molar-refractivity contribution in [2.45, 2.75) is 19.9 Å². The standard InChI is InChI=1S/C20H21N3O4/c1-13-4-6-14(7-5-13)10-18(24)21-12-19-22-20(23-27-19)15-8-9-16(25-2)17(11-15)26-3/h4-9,11H,10,12H2,1-3H3,(H,21,24). The third kappa shape index (κ3) is 4.63. The predicted molar refractivity (Wildman–Crippen MR) is 99.6 cm³/mol. The Morgan fingerprint density at radius 1 is 1.07 bits per heavy atom. The van der Waals surface area contributed by atoms with E-state index in [1.165, 1.54) is 0 Å². The third-order valence-electron chi connectivity index (χ3n) is 4.03. The Hall–Kier alpha value is -3.35. The number of benzene rings is 2. The molecule has 0 saturated carbocycles. The van der Waals surface area contributed by atoms with E-state index in [4.69, 9.17) is 14.0 Å². The van der Waals surface area contributed by atoms with Gasteiger partial charge in [-0.1, -0.05) is 35.0 Å². The predicted octanol–water partition coefficient (Wildman–Crippen LogP) is 2.92. The van der Waals surface area contributed by atoms with Crippen molar-refractivity contribution in [3.05, 3.63) is 59.5 Å². The Kier molecular flexibility index (Phi) is 5.71. The Bertz CT molecular complexity index is 919. The highest BCUT2D eigenvalue weighted by Gasteiger charge is 2.13. The van der Waals surface area contributed by atoms with Gasteiger partial charge in [0.05, 0.1) is 27.2 Å². The molecule has 1 amide bonds. The van der Waals surface area contributed by atoms with E-state index in [0.717, 1.165) is 16.7 Å². The zero-order chi connectivity index (χ0) is 19.2. The van der Waals surface area contributed by atoms with E-state index in [9.17, 15) is 4.79 Å². The molecule has 3 aromatic rings. The molecule has 0 aliphatic heterocycles. The summed E-state index contributed by atoms with van der Waals surface area (Å²) in [5.74, 6) is 1.83. The summed E-state index contributed by atoms with van der Waals surface area (Å²) in [6.07, 6.45) is 0.303. The number of rotatable bonds is 7. The first-order valence-corrected chi connectivity index (χ1v) is 8.46. The summed E-state index contributed by atoms with van der Waals surface area (Å²) in [4.78, 5) is 16.4. The van der Waals surface area contributed by atoms with E-state index in [2.05, 4.69) is 15.5 Å². The van der Waals surface area contributed by atoms with Crippen molar-refractivity contribution in [2.75, 3.05) is 14.2 Å². The number of nitrogens with zero attached hydrogens (tertiary/aromatic N) is 2. The lowest BCUT2D eigenvalue weighted by Gasteiger charge is -2.07. The number of hydrogen-bond acceptors (Lipinski definition) is 6. The van der Waals surface area contributed by atoms with Crippen LogP contribution in [0.15, 0.2) is 47.0 Å². The second-order valence-electron chi connectivity index (χ2n) is 6.02. The number of amides is 1. The van der Waals surface area contributed by atoms with Crippen molar-refractivity contribution in [1.29, 1.82) is 0 Å². The maximum atomic E-state index is 12.1. The van der Waals surface area contributed by atoms with Crippen LogP contribution in [0.5, 0.6) is 11.5 Å². The molecule has 0 unspecified atom stereocenters. The van der Waals surface area contributed by atoms with E-state index in [0.29, 0.717) is 29.6 Å². The summed E-state index contributed by atoms with van der Waals surface area (Å²) in [5.41, 5.74) is 2.84. The summed E-state index contributed by atoms with van der Waals surface area (Å²) in [5, 5.41) is 6.74. The molecule has 0 radical (unpaired) electrons. The smallest absolute Gasteiger partial charge is 0.246 e. The van der Waals surface area contributed by atoms with Gasteiger partial charge in [0, 0.05) is 5.56 Å². The molecule has 0 bridgehead atoms. The monoisotopic (exact) mass is 367 g/mol. The van der Waals surface area contributed by atoms with E-state index in [1.54, 1.807) is 26.4 Å². The molecule has 1 aromatic heterocycles. The summed E-state index contributed by atoms with van der Waals surface area (Å²) in [6.45, 7) is 2.18. The molecule has 2 aromatic carbocycles. The lowest BCUT2D eigenvalue weighted by Crippen LogP contribution is -2.24. The molecule has 0 saturated heterocycles. The van der Waals surface area contributed by atoms with Gasteiger partial charge in [-0.2, -0.15) is 4.98 Å². The van der Waals surface area contributed by atoms with E-state index in [1.807, 2.05) is 37.3 Å². The van der Waals surface area contributed by atoms with Crippen molar-refractivity contribution >= 4 is 5.91 Å². The number of carbonyl (C=O) groups excluding carboxylic acids is 1. The van der Waals surface area contributed by atoms with Gasteiger partial charge in [0.25, 0.3) is 0 Å². The second kappa shape index (κ2) is 8.35. The molecule has 3 rings (SSSR count). The number of methoxy groups -OCH3 is 2. The largest absolute Gasteiger partial charge is 0.493 e. The molecule has 7 heteroatoms. The highest BCUT2D eigenvalue weighted by molar-refractivity contribution is 5.78. The first-order chi connectivity index (χ1) is 13.1. The first kappa shape index (κ1) is 18.4. The third-order valence-corrected chi connectivity index (χ3v) is 4.03. The highest BCUT2D eigenvalue weighted by Crippen LogP contribution is 2.31. The molecule has 0 spiro atoms. The SMILES string of the molecule is COc1ccc(-c2noc(CNC(=O)Cc3ccc(C)cc3)n2)cc1OC. The molecule has 140 valence electrons. The topological polar surface area (TPSA) is 86.5 Å². The van der Waals surface area contributed by atoms with Gasteiger partial charge in [-0.25, -0.2) is 0 Å². The fourth-order valence-corrected chi connectivity index (χ4v) is 2.55. The van der Waals surface area contributed by atoms with Crippen LogP contribution < -0.4 is 14.8 Å². The molecule has 7 nitrogen and oxygen atoms in total. The second-order valence-corrected chi connectivity index (χ2v) is 6.02. The highest BCUT2D eigenvalue weighted by atomic mass is 16.5. The average Bonchev–Trinajstić information content (AvgIpc) is 3.16. The molecule has 0 atom stereocenters. The molecular formula is C20H21N3O4. The van der Waals surface area contributed by atoms with Crippen LogP contribution in [-0.2, 0) is 17.8 Å². The molecular weight excluding hydrogens is 346 g/mol. The lowest BCUT2D eigenvalue weighted by atomic mass is 10.1. The van der Waals surface area contributed by atoms with Crippen LogP contribution in [0.25, 0.3) is 11.4 Å². The Morgan fingerprint density at radius 2 is 1.81 bits per heavy atom. The minimum absolute atomic E-state index is 0.107. The molecule has 1 N–H and O–H groups in total. The summed E-state index contributed by atoms with van der Waals surface area (Å²) in [7, 11) is 3.14. The molecule has 0 fully saturated rings. The van der Waals surface area contributed by atoms with Crippen LogP contribution in [0.4, 0.5) is 0 Å². The Labute approximate surface area is 157 Å².